The fourth-order valence-corrected chi connectivity index (χ4v) is 3.51. The van der Waals surface area contributed by atoms with Gasteiger partial charge in [-0.1, -0.05) is 42.8 Å². The SMILES string of the molecule is Cc1nc(N(C)C)ccc1[C@@H]1CCCCN1Cc1ccccc1. The quantitative estimate of drug-likeness (QED) is 0.844. The maximum Gasteiger partial charge on any atom is 0.128 e. The maximum atomic E-state index is 4.79. The van der Waals surface area contributed by atoms with E-state index in [4.69, 9.17) is 4.98 Å². The van der Waals surface area contributed by atoms with Gasteiger partial charge in [-0.3, -0.25) is 4.90 Å². The largest absolute Gasteiger partial charge is 0.363 e. The van der Waals surface area contributed by atoms with Gasteiger partial charge in [-0.15, -0.1) is 0 Å². The zero-order valence-corrected chi connectivity index (χ0v) is 14.5. The van der Waals surface area contributed by atoms with Crippen LogP contribution in [-0.4, -0.2) is 30.5 Å². The molecular formula is C20H27N3. The summed E-state index contributed by atoms with van der Waals surface area (Å²) in [6.45, 7) is 4.35. The maximum absolute atomic E-state index is 4.79. The van der Waals surface area contributed by atoms with Crippen LogP contribution >= 0.6 is 0 Å². The Bertz CT molecular complexity index is 637. The van der Waals surface area contributed by atoms with Crippen LogP contribution in [-0.2, 0) is 6.54 Å². The molecule has 2 aromatic rings. The molecule has 0 aliphatic carbocycles. The molecule has 1 aliphatic heterocycles. The second-order valence-electron chi connectivity index (χ2n) is 6.71. The number of aryl methyl sites for hydroxylation is 1. The van der Waals surface area contributed by atoms with Crippen LogP contribution in [0.3, 0.4) is 0 Å². The Hall–Kier alpha value is -1.87. The summed E-state index contributed by atoms with van der Waals surface area (Å²) in [5.74, 6) is 1.04. The molecule has 3 nitrogen and oxygen atoms in total. The third kappa shape index (κ3) is 3.73. The number of piperidine rings is 1. The summed E-state index contributed by atoms with van der Waals surface area (Å²) >= 11 is 0. The summed E-state index contributed by atoms with van der Waals surface area (Å²) in [4.78, 5) is 9.48. The molecule has 0 unspecified atom stereocenters. The Morgan fingerprint density at radius 3 is 2.57 bits per heavy atom. The van der Waals surface area contributed by atoms with Crippen molar-refractivity contribution < 1.29 is 0 Å². The average molecular weight is 309 g/mol. The van der Waals surface area contributed by atoms with Gasteiger partial charge in [0.1, 0.15) is 5.82 Å². The van der Waals surface area contributed by atoms with E-state index < -0.39 is 0 Å². The Morgan fingerprint density at radius 1 is 1.09 bits per heavy atom. The van der Waals surface area contributed by atoms with Gasteiger partial charge in [0.05, 0.1) is 0 Å². The molecule has 3 heteroatoms. The highest BCUT2D eigenvalue weighted by atomic mass is 15.2. The minimum absolute atomic E-state index is 0.493. The first-order valence-corrected chi connectivity index (χ1v) is 8.58. The van der Waals surface area contributed by atoms with E-state index in [1.807, 2.05) is 14.1 Å². The summed E-state index contributed by atoms with van der Waals surface area (Å²) in [6, 6.07) is 15.7. The number of likely N-dealkylation sites (tertiary alicyclic amines) is 1. The molecule has 1 aromatic heterocycles. The van der Waals surface area contributed by atoms with Crippen LogP contribution < -0.4 is 4.90 Å². The lowest BCUT2D eigenvalue weighted by Gasteiger charge is -2.36. The zero-order chi connectivity index (χ0) is 16.2. The van der Waals surface area contributed by atoms with E-state index in [2.05, 4.69) is 59.2 Å². The van der Waals surface area contributed by atoms with Crippen molar-refractivity contribution in [3.05, 3.63) is 59.3 Å². The molecule has 0 bridgehead atoms. The molecule has 1 aromatic carbocycles. The minimum Gasteiger partial charge on any atom is -0.363 e. The van der Waals surface area contributed by atoms with Gasteiger partial charge in [-0.2, -0.15) is 0 Å². The van der Waals surface area contributed by atoms with Crippen LogP contribution in [0, 0.1) is 6.92 Å². The Balaban J connectivity index is 1.84. The van der Waals surface area contributed by atoms with E-state index >= 15 is 0 Å². The third-order valence-electron chi connectivity index (χ3n) is 4.77. The van der Waals surface area contributed by atoms with Gasteiger partial charge in [-0.05, 0) is 43.5 Å². The van der Waals surface area contributed by atoms with E-state index in [0.717, 1.165) is 12.4 Å². The van der Waals surface area contributed by atoms with Gasteiger partial charge >= 0.3 is 0 Å². The van der Waals surface area contributed by atoms with E-state index in [0.29, 0.717) is 6.04 Å². The van der Waals surface area contributed by atoms with Crippen molar-refractivity contribution in [2.24, 2.45) is 0 Å². The van der Waals surface area contributed by atoms with Gasteiger partial charge in [0, 0.05) is 32.4 Å². The molecular weight excluding hydrogens is 282 g/mol. The zero-order valence-electron chi connectivity index (χ0n) is 14.5. The summed E-state index contributed by atoms with van der Waals surface area (Å²) in [5, 5.41) is 0. The summed E-state index contributed by atoms with van der Waals surface area (Å²) in [7, 11) is 4.09. The van der Waals surface area contributed by atoms with Gasteiger partial charge in [0.2, 0.25) is 0 Å². The van der Waals surface area contributed by atoms with Crippen molar-refractivity contribution in [2.45, 2.75) is 38.8 Å². The highest BCUT2D eigenvalue weighted by Crippen LogP contribution is 2.34. The summed E-state index contributed by atoms with van der Waals surface area (Å²) < 4.78 is 0. The number of anilines is 1. The van der Waals surface area contributed by atoms with Crippen LogP contribution in [0.25, 0.3) is 0 Å². The monoisotopic (exact) mass is 309 g/mol. The lowest BCUT2D eigenvalue weighted by Crippen LogP contribution is -2.33. The fraction of sp³-hybridized carbons (Fsp3) is 0.450. The standard InChI is InChI=1S/C20H27N3/c1-16-18(12-13-20(21-16)22(2)3)19-11-7-8-14-23(19)15-17-9-5-4-6-10-17/h4-6,9-10,12-13,19H,7-8,11,14-15H2,1-3H3/t19-/m0/s1. The van der Waals surface area contributed by atoms with Gasteiger partial charge < -0.3 is 4.90 Å². The average Bonchev–Trinajstić information content (AvgIpc) is 2.56. The Morgan fingerprint density at radius 2 is 1.87 bits per heavy atom. The van der Waals surface area contributed by atoms with Gasteiger partial charge in [-0.25, -0.2) is 4.98 Å². The topological polar surface area (TPSA) is 19.4 Å². The molecule has 1 fully saturated rings. The Labute approximate surface area is 140 Å². The number of hydrogen-bond acceptors (Lipinski definition) is 3. The van der Waals surface area contributed by atoms with E-state index in [9.17, 15) is 0 Å². The van der Waals surface area contributed by atoms with Crippen LogP contribution in [0.2, 0.25) is 0 Å². The molecule has 23 heavy (non-hydrogen) atoms. The first-order chi connectivity index (χ1) is 11.1. The molecule has 0 amide bonds. The molecule has 1 atom stereocenters. The highest BCUT2D eigenvalue weighted by Gasteiger charge is 2.25. The number of pyridine rings is 1. The number of aromatic nitrogens is 1. The van der Waals surface area contributed by atoms with Crippen LogP contribution in [0.1, 0.15) is 42.1 Å². The van der Waals surface area contributed by atoms with Gasteiger partial charge in [0.25, 0.3) is 0 Å². The second kappa shape index (κ2) is 7.14. The highest BCUT2D eigenvalue weighted by molar-refractivity contribution is 5.41. The minimum atomic E-state index is 0.493. The van der Waals surface area contributed by atoms with Crippen molar-refractivity contribution in [1.29, 1.82) is 0 Å². The fourth-order valence-electron chi connectivity index (χ4n) is 3.51. The predicted molar refractivity (Wildman–Crippen MR) is 96.7 cm³/mol. The van der Waals surface area contributed by atoms with Crippen molar-refractivity contribution >= 4 is 5.82 Å². The molecule has 0 spiro atoms. The van der Waals surface area contributed by atoms with Crippen LogP contribution in [0.4, 0.5) is 5.82 Å². The normalized spacial score (nSPS) is 18.8. The molecule has 1 saturated heterocycles. The summed E-state index contributed by atoms with van der Waals surface area (Å²) in [6.07, 6.45) is 3.84. The number of benzene rings is 1. The molecule has 0 saturated carbocycles. The lowest BCUT2D eigenvalue weighted by atomic mass is 9.93. The lowest BCUT2D eigenvalue weighted by molar-refractivity contribution is 0.139. The van der Waals surface area contributed by atoms with Crippen molar-refractivity contribution in [2.75, 3.05) is 25.5 Å². The van der Waals surface area contributed by atoms with E-state index in [1.54, 1.807) is 0 Å². The first kappa shape index (κ1) is 16.0. The molecule has 1 aliphatic rings. The van der Waals surface area contributed by atoms with Gasteiger partial charge in [0.15, 0.2) is 0 Å². The molecule has 0 N–H and O–H groups in total. The molecule has 122 valence electrons. The number of rotatable bonds is 4. The van der Waals surface area contributed by atoms with Crippen molar-refractivity contribution in [3.63, 3.8) is 0 Å². The van der Waals surface area contributed by atoms with Crippen molar-refractivity contribution in [1.82, 2.24) is 9.88 Å². The summed E-state index contributed by atoms with van der Waals surface area (Å²) in [5.41, 5.74) is 3.96. The number of hydrogen-bond donors (Lipinski definition) is 0. The van der Waals surface area contributed by atoms with Crippen LogP contribution in [0.15, 0.2) is 42.5 Å². The van der Waals surface area contributed by atoms with E-state index in [-0.39, 0.29) is 0 Å². The first-order valence-electron chi connectivity index (χ1n) is 8.58. The van der Waals surface area contributed by atoms with Crippen LogP contribution in [0.5, 0.6) is 0 Å². The Kier molecular flexibility index (Phi) is 4.97. The predicted octanol–water partition coefficient (Wildman–Crippen LogP) is 4.18. The second-order valence-corrected chi connectivity index (χ2v) is 6.71. The molecule has 0 radical (unpaired) electrons. The molecule has 2 heterocycles. The van der Waals surface area contributed by atoms with Crippen molar-refractivity contribution in [3.8, 4) is 0 Å². The third-order valence-corrected chi connectivity index (χ3v) is 4.77. The smallest absolute Gasteiger partial charge is 0.128 e. The van der Waals surface area contributed by atoms with E-state index in [1.165, 1.54) is 42.6 Å². The molecule has 3 rings (SSSR count). The number of nitrogens with zero attached hydrogens (tertiary/aromatic N) is 3.